The maximum Gasteiger partial charge on any atom is 0.338 e. The molecule has 11 heteroatoms. The fourth-order valence-corrected chi connectivity index (χ4v) is 7.20. The molecular weight excluding hydrogens is 658 g/mol. The predicted molar refractivity (Wildman–Crippen MR) is 175 cm³/mol. The Morgan fingerprint density at radius 1 is 1.02 bits per heavy atom. The van der Waals surface area contributed by atoms with Crippen LogP contribution < -0.4 is 29.3 Å². The summed E-state index contributed by atoms with van der Waals surface area (Å²) < 4.78 is 19.3. The monoisotopic (exact) mass is 687 g/mol. The minimum Gasteiger partial charge on any atom is -0.497 e. The summed E-state index contributed by atoms with van der Waals surface area (Å²) in [5.74, 6) is 0.0781. The van der Waals surface area contributed by atoms with Crippen LogP contribution in [0.4, 0.5) is 5.69 Å². The molecule has 3 heterocycles. The molecule has 45 heavy (non-hydrogen) atoms. The molecule has 2 aliphatic heterocycles. The standard InChI is InChI=1S/C34H30BrN3O6S/c1-18(2)44-33(41)27-19(3)36-34-38(29(27)24-16-22(42-4)12-14-26(24)43-5)32(40)30(45-34)28-23-15-21(35)11-13-25(23)37(31(28)39)17-20-9-7-6-8-10-20/h6-16,18,29H,17H2,1-5H3/b30-28+/t29-/m0/s1. The van der Waals surface area contributed by atoms with E-state index < -0.39 is 23.7 Å². The van der Waals surface area contributed by atoms with E-state index in [9.17, 15) is 14.4 Å². The summed E-state index contributed by atoms with van der Waals surface area (Å²) in [6.07, 6.45) is -0.404. The van der Waals surface area contributed by atoms with Crippen molar-refractivity contribution in [1.29, 1.82) is 0 Å². The highest BCUT2D eigenvalue weighted by Crippen LogP contribution is 2.40. The van der Waals surface area contributed by atoms with Crippen molar-refractivity contribution >= 4 is 50.4 Å². The molecule has 6 rings (SSSR count). The molecule has 0 bridgehead atoms. The molecular formula is C34H30BrN3O6S. The van der Waals surface area contributed by atoms with E-state index in [1.165, 1.54) is 18.8 Å². The van der Waals surface area contributed by atoms with Crippen LogP contribution in [0.15, 0.2) is 92.3 Å². The number of anilines is 1. The highest BCUT2D eigenvalue weighted by Gasteiger charge is 2.39. The van der Waals surface area contributed by atoms with E-state index in [1.54, 1.807) is 43.9 Å². The molecule has 230 valence electrons. The van der Waals surface area contributed by atoms with E-state index in [0.29, 0.717) is 45.4 Å². The molecule has 0 fully saturated rings. The highest BCUT2D eigenvalue weighted by atomic mass is 79.9. The van der Waals surface area contributed by atoms with Crippen LogP contribution in [0.1, 0.15) is 43.5 Å². The fraction of sp³-hybridized carbons (Fsp3) is 0.235. The van der Waals surface area contributed by atoms with Gasteiger partial charge in [-0.05, 0) is 62.7 Å². The third kappa shape index (κ3) is 5.40. The van der Waals surface area contributed by atoms with Gasteiger partial charge in [-0.3, -0.25) is 14.2 Å². The van der Waals surface area contributed by atoms with Crippen LogP contribution in [0.25, 0.3) is 5.57 Å². The van der Waals surface area contributed by atoms with Crippen molar-refractivity contribution in [3.63, 3.8) is 0 Å². The zero-order valence-electron chi connectivity index (χ0n) is 25.3. The van der Waals surface area contributed by atoms with Crippen LogP contribution in [-0.4, -0.2) is 36.8 Å². The van der Waals surface area contributed by atoms with Gasteiger partial charge in [-0.15, -0.1) is 0 Å². The Hall–Kier alpha value is -4.48. The van der Waals surface area contributed by atoms with Crippen molar-refractivity contribution in [3.05, 3.63) is 119 Å². The van der Waals surface area contributed by atoms with Crippen LogP contribution in [0, 0.1) is 0 Å². The van der Waals surface area contributed by atoms with Gasteiger partial charge in [0.05, 0.1) is 49.4 Å². The van der Waals surface area contributed by atoms with Gasteiger partial charge in [0.1, 0.15) is 22.1 Å². The largest absolute Gasteiger partial charge is 0.497 e. The number of rotatable bonds is 7. The van der Waals surface area contributed by atoms with Gasteiger partial charge in [-0.1, -0.05) is 57.6 Å². The summed E-state index contributed by atoms with van der Waals surface area (Å²) in [6.45, 7) is 5.57. The second kappa shape index (κ2) is 12.1. The van der Waals surface area contributed by atoms with Crippen molar-refractivity contribution in [2.45, 2.75) is 39.5 Å². The summed E-state index contributed by atoms with van der Waals surface area (Å²) >= 11 is 4.66. The second-order valence-electron chi connectivity index (χ2n) is 10.9. The highest BCUT2D eigenvalue weighted by molar-refractivity contribution is 9.10. The van der Waals surface area contributed by atoms with Crippen molar-refractivity contribution in [1.82, 2.24) is 4.57 Å². The molecule has 0 radical (unpaired) electrons. The van der Waals surface area contributed by atoms with Crippen LogP contribution >= 0.6 is 27.3 Å². The normalized spacial score (nSPS) is 16.8. The SMILES string of the molecule is COc1ccc(OC)c([C@H]2C(C(=O)OC(C)C)=C(C)N=c3s/c(=C4/C(=O)N(Cc5ccccc5)c5ccc(Br)cc54)c(=O)n32)c1. The molecule has 3 aromatic carbocycles. The van der Waals surface area contributed by atoms with Crippen molar-refractivity contribution in [2.24, 2.45) is 4.99 Å². The lowest BCUT2D eigenvalue weighted by atomic mass is 9.94. The summed E-state index contributed by atoms with van der Waals surface area (Å²) in [4.78, 5) is 49.2. The number of esters is 1. The summed E-state index contributed by atoms with van der Waals surface area (Å²) in [5.41, 5.74) is 3.26. The number of nitrogens with zero attached hydrogens (tertiary/aromatic N) is 3. The first-order valence-corrected chi connectivity index (χ1v) is 15.9. The van der Waals surface area contributed by atoms with Gasteiger partial charge in [0.2, 0.25) is 0 Å². The van der Waals surface area contributed by atoms with E-state index in [4.69, 9.17) is 19.2 Å². The van der Waals surface area contributed by atoms with Gasteiger partial charge in [-0.25, -0.2) is 9.79 Å². The Bertz CT molecular complexity index is 2070. The average molecular weight is 689 g/mol. The summed E-state index contributed by atoms with van der Waals surface area (Å²) in [5, 5.41) is 0. The Labute approximate surface area is 271 Å². The maximum atomic E-state index is 14.6. The molecule has 9 nitrogen and oxygen atoms in total. The zero-order chi connectivity index (χ0) is 32.0. The van der Waals surface area contributed by atoms with Crippen LogP contribution in [0.3, 0.4) is 0 Å². The quantitative estimate of drug-likeness (QED) is 0.257. The Morgan fingerprint density at radius 2 is 1.78 bits per heavy atom. The summed E-state index contributed by atoms with van der Waals surface area (Å²) in [6, 6.07) is 19.5. The molecule has 0 unspecified atom stereocenters. The van der Waals surface area contributed by atoms with Crippen LogP contribution in [0.5, 0.6) is 11.5 Å². The minimum atomic E-state index is -0.953. The first kappa shape index (κ1) is 30.5. The molecule has 4 aromatic rings. The van der Waals surface area contributed by atoms with Gasteiger partial charge in [-0.2, -0.15) is 0 Å². The number of fused-ring (bicyclic) bond motifs is 2. The first-order valence-electron chi connectivity index (χ1n) is 14.3. The lowest BCUT2D eigenvalue weighted by molar-refractivity contribution is -0.143. The van der Waals surface area contributed by atoms with Crippen LogP contribution in [0.2, 0.25) is 0 Å². The lowest BCUT2D eigenvalue weighted by Gasteiger charge is -2.26. The molecule has 0 N–H and O–H groups in total. The van der Waals surface area contributed by atoms with Crippen molar-refractivity contribution in [2.75, 3.05) is 19.1 Å². The van der Waals surface area contributed by atoms with Gasteiger partial charge in [0.25, 0.3) is 11.5 Å². The molecule has 2 aliphatic rings. The molecule has 1 atom stereocenters. The average Bonchev–Trinajstić information content (AvgIpc) is 3.47. The first-order chi connectivity index (χ1) is 21.6. The number of aromatic nitrogens is 1. The van der Waals surface area contributed by atoms with E-state index in [-0.39, 0.29) is 21.6 Å². The number of carbonyl (C=O) groups excluding carboxylic acids is 2. The molecule has 0 saturated heterocycles. The fourth-order valence-electron chi connectivity index (χ4n) is 5.70. The molecule has 1 amide bonds. The number of amides is 1. The number of carbonyl (C=O) groups is 2. The third-order valence-electron chi connectivity index (χ3n) is 7.68. The smallest absolute Gasteiger partial charge is 0.338 e. The van der Waals surface area contributed by atoms with E-state index in [1.807, 2.05) is 48.5 Å². The third-order valence-corrected chi connectivity index (χ3v) is 9.23. The van der Waals surface area contributed by atoms with Gasteiger partial charge in [0.15, 0.2) is 4.80 Å². The molecule has 0 spiro atoms. The number of hydrogen-bond acceptors (Lipinski definition) is 8. The maximum absolute atomic E-state index is 14.6. The molecule has 0 aliphatic carbocycles. The molecule has 1 aromatic heterocycles. The summed E-state index contributed by atoms with van der Waals surface area (Å²) in [7, 11) is 3.06. The van der Waals surface area contributed by atoms with Gasteiger partial charge >= 0.3 is 5.97 Å². The van der Waals surface area contributed by atoms with Crippen molar-refractivity contribution in [3.8, 4) is 11.5 Å². The van der Waals surface area contributed by atoms with E-state index in [0.717, 1.165) is 21.4 Å². The number of hydrogen-bond donors (Lipinski definition) is 0. The molecule has 0 saturated carbocycles. The number of thiazole rings is 1. The van der Waals surface area contributed by atoms with E-state index >= 15 is 0 Å². The number of benzene rings is 3. The van der Waals surface area contributed by atoms with Gasteiger partial charge < -0.3 is 19.1 Å². The number of methoxy groups -OCH3 is 2. The number of ether oxygens (including phenoxy) is 3. The zero-order valence-corrected chi connectivity index (χ0v) is 27.7. The topological polar surface area (TPSA) is 99.4 Å². The number of allylic oxidation sites excluding steroid dienone is 1. The van der Waals surface area contributed by atoms with Crippen molar-refractivity contribution < 1.29 is 23.8 Å². The lowest BCUT2D eigenvalue weighted by Crippen LogP contribution is -2.41. The number of halogens is 1. The predicted octanol–water partition coefficient (Wildman–Crippen LogP) is 4.88. The van der Waals surface area contributed by atoms with Crippen LogP contribution in [-0.2, 0) is 20.9 Å². The van der Waals surface area contributed by atoms with E-state index in [2.05, 4.69) is 15.9 Å². The Morgan fingerprint density at radius 3 is 2.47 bits per heavy atom. The minimum absolute atomic E-state index is 0.200. The Kier molecular flexibility index (Phi) is 8.23. The second-order valence-corrected chi connectivity index (χ2v) is 12.8. The van der Waals surface area contributed by atoms with Gasteiger partial charge in [0, 0.05) is 15.6 Å². The Balaban J connectivity index is 1.63.